The van der Waals surface area contributed by atoms with Crippen LogP contribution in [-0.2, 0) is 24.1 Å². The van der Waals surface area contributed by atoms with Crippen LogP contribution in [0.1, 0.15) is 16.7 Å². The van der Waals surface area contributed by atoms with Crippen LogP contribution in [0.4, 0.5) is 13.2 Å². The third-order valence-electron chi connectivity index (χ3n) is 3.74. The van der Waals surface area contributed by atoms with Gasteiger partial charge < -0.3 is 9.64 Å². The van der Waals surface area contributed by atoms with Crippen molar-refractivity contribution in [1.82, 2.24) is 4.90 Å². The van der Waals surface area contributed by atoms with Crippen molar-refractivity contribution < 1.29 is 22.7 Å². The first-order chi connectivity index (χ1) is 11.3. The zero-order valence-corrected chi connectivity index (χ0v) is 13.2. The van der Waals surface area contributed by atoms with Gasteiger partial charge in [0.25, 0.3) is 5.91 Å². The number of rotatable bonds is 2. The molecule has 1 heterocycles. The van der Waals surface area contributed by atoms with E-state index in [-0.39, 0.29) is 25.6 Å². The van der Waals surface area contributed by atoms with Gasteiger partial charge in [0.1, 0.15) is 5.75 Å². The highest BCUT2D eigenvalue weighted by atomic mass is 35.5. The second kappa shape index (κ2) is 6.36. The van der Waals surface area contributed by atoms with Gasteiger partial charge >= 0.3 is 6.18 Å². The van der Waals surface area contributed by atoms with Crippen LogP contribution in [0, 0.1) is 0 Å². The number of benzene rings is 2. The van der Waals surface area contributed by atoms with Crippen molar-refractivity contribution in [2.45, 2.75) is 19.3 Å². The number of amides is 1. The highest BCUT2D eigenvalue weighted by Crippen LogP contribution is 2.30. The summed E-state index contributed by atoms with van der Waals surface area (Å²) in [6.07, 6.45) is -4.37. The summed E-state index contributed by atoms with van der Waals surface area (Å²) < 4.78 is 43.3. The van der Waals surface area contributed by atoms with Crippen molar-refractivity contribution in [3.8, 4) is 5.75 Å². The maximum absolute atomic E-state index is 12.6. The molecule has 0 saturated heterocycles. The summed E-state index contributed by atoms with van der Waals surface area (Å²) in [6, 6.07) is 9.87. The van der Waals surface area contributed by atoms with Crippen LogP contribution >= 0.6 is 11.6 Å². The molecular formula is C17H13ClF3NO2. The van der Waals surface area contributed by atoms with Crippen LogP contribution in [-0.4, -0.2) is 17.4 Å². The number of nitrogens with zero attached hydrogens (tertiary/aromatic N) is 1. The molecule has 1 amide bonds. The van der Waals surface area contributed by atoms with Gasteiger partial charge in [0.05, 0.1) is 5.56 Å². The maximum Gasteiger partial charge on any atom is 0.416 e. The summed E-state index contributed by atoms with van der Waals surface area (Å²) in [5, 5.41) is 0.529. The van der Waals surface area contributed by atoms with Gasteiger partial charge in [-0.2, -0.15) is 13.2 Å². The summed E-state index contributed by atoms with van der Waals surface area (Å²) in [7, 11) is 0. The Hall–Kier alpha value is -2.21. The summed E-state index contributed by atoms with van der Waals surface area (Å²) in [5.41, 5.74) is 0.663. The van der Waals surface area contributed by atoms with E-state index in [2.05, 4.69) is 0 Å². The van der Waals surface area contributed by atoms with Crippen molar-refractivity contribution >= 4 is 17.5 Å². The molecule has 0 saturated carbocycles. The largest absolute Gasteiger partial charge is 0.483 e. The minimum atomic E-state index is -4.37. The van der Waals surface area contributed by atoms with E-state index < -0.39 is 11.7 Å². The Morgan fingerprint density at radius 1 is 1.12 bits per heavy atom. The molecular weight excluding hydrogens is 343 g/mol. The molecule has 0 fully saturated rings. The van der Waals surface area contributed by atoms with E-state index in [0.29, 0.717) is 16.3 Å². The SMILES string of the molecule is O=C1COc2ccc(Cl)cc2CN1Cc1ccc(C(F)(F)F)cc1. The fraction of sp³-hybridized carbons (Fsp3) is 0.235. The highest BCUT2D eigenvalue weighted by molar-refractivity contribution is 6.30. The standard InChI is InChI=1S/C17H13ClF3NO2/c18-14-5-6-15-12(7-14)9-22(16(23)10-24-15)8-11-1-3-13(4-2-11)17(19,20)21/h1-7H,8-10H2. The van der Waals surface area contributed by atoms with Crippen LogP contribution in [0.5, 0.6) is 5.75 Å². The number of carbonyl (C=O) groups is 1. The number of ether oxygens (including phenoxy) is 1. The number of alkyl halides is 3. The second-order valence-corrected chi connectivity index (χ2v) is 5.92. The van der Waals surface area contributed by atoms with Crippen LogP contribution in [0.2, 0.25) is 5.02 Å². The van der Waals surface area contributed by atoms with E-state index in [9.17, 15) is 18.0 Å². The van der Waals surface area contributed by atoms with Gasteiger partial charge in [-0.15, -0.1) is 0 Å². The van der Waals surface area contributed by atoms with Gasteiger partial charge in [0.15, 0.2) is 6.61 Å². The summed E-state index contributed by atoms with van der Waals surface area (Å²) in [5.74, 6) is 0.352. The molecule has 1 aliphatic rings. The Bertz CT molecular complexity index is 759. The minimum absolute atomic E-state index is 0.116. The third kappa shape index (κ3) is 3.64. The quantitative estimate of drug-likeness (QED) is 0.804. The molecule has 0 aliphatic carbocycles. The average molecular weight is 356 g/mol. The van der Waals surface area contributed by atoms with E-state index in [4.69, 9.17) is 16.3 Å². The number of carbonyl (C=O) groups excluding carboxylic acids is 1. The van der Waals surface area contributed by atoms with E-state index in [1.807, 2.05) is 0 Å². The molecule has 2 aromatic rings. The van der Waals surface area contributed by atoms with E-state index in [1.54, 1.807) is 18.2 Å². The summed E-state index contributed by atoms with van der Waals surface area (Å²) >= 11 is 5.97. The van der Waals surface area contributed by atoms with Crippen molar-refractivity contribution in [2.24, 2.45) is 0 Å². The van der Waals surface area contributed by atoms with Crippen molar-refractivity contribution in [3.05, 3.63) is 64.2 Å². The molecule has 1 aliphatic heterocycles. The van der Waals surface area contributed by atoms with Gasteiger partial charge in [-0.1, -0.05) is 23.7 Å². The summed E-state index contributed by atoms with van der Waals surface area (Å²) in [4.78, 5) is 13.7. The molecule has 0 aromatic heterocycles. The lowest BCUT2D eigenvalue weighted by Crippen LogP contribution is -2.31. The monoisotopic (exact) mass is 355 g/mol. The molecule has 0 unspecified atom stereocenters. The normalized spacial score (nSPS) is 14.8. The van der Waals surface area contributed by atoms with Crippen molar-refractivity contribution in [1.29, 1.82) is 0 Å². The molecule has 2 aromatic carbocycles. The van der Waals surface area contributed by atoms with Crippen LogP contribution in [0.3, 0.4) is 0 Å². The molecule has 0 N–H and O–H groups in total. The predicted octanol–water partition coefficient (Wildman–Crippen LogP) is 4.28. The van der Waals surface area contributed by atoms with E-state index in [1.165, 1.54) is 17.0 Å². The first-order valence-electron chi connectivity index (χ1n) is 7.18. The first kappa shape index (κ1) is 16.6. The Morgan fingerprint density at radius 3 is 2.50 bits per heavy atom. The Kier molecular flexibility index (Phi) is 4.41. The molecule has 7 heteroatoms. The average Bonchev–Trinajstić information content (AvgIpc) is 2.66. The Morgan fingerprint density at radius 2 is 1.83 bits per heavy atom. The molecule has 0 bridgehead atoms. The van der Waals surface area contributed by atoms with Crippen LogP contribution in [0.15, 0.2) is 42.5 Å². The van der Waals surface area contributed by atoms with Gasteiger partial charge in [-0.3, -0.25) is 4.79 Å². The second-order valence-electron chi connectivity index (χ2n) is 5.49. The van der Waals surface area contributed by atoms with Crippen LogP contribution in [0.25, 0.3) is 0 Å². The first-order valence-corrected chi connectivity index (χ1v) is 7.56. The molecule has 0 radical (unpaired) electrons. The van der Waals surface area contributed by atoms with Gasteiger partial charge in [-0.25, -0.2) is 0 Å². The molecule has 0 atom stereocenters. The van der Waals surface area contributed by atoms with Crippen LogP contribution < -0.4 is 4.74 Å². The fourth-order valence-electron chi connectivity index (χ4n) is 2.50. The van der Waals surface area contributed by atoms with Gasteiger partial charge in [0.2, 0.25) is 0 Å². The smallest absolute Gasteiger partial charge is 0.416 e. The topological polar surface area (TPSA) is 29.5 Å². The number of hydrogen-bond donors (Lipinski definition) is 0. The molecule has 0 spiro atoms. The lowest BCUT2D eigenvalue weighted by molar-refractivity contribution is -0.137. The number of fused-ring (bicyclic) bond motifs is 1. The van der Waals surface area contributed by atoms with E-state index >= 15 is 0 Å². The van der Waals surface area contributed by atoms with Gasteiger partial charge in [-0.05, 0) is 35.9 Å². The molecule has 126 valence electrons. The number of halogens is 4. The molecule has 3 rings (SSSR count). The van der Waals surface area contributed by atoms with Crippen molar-refractivity contribution in [3.63, 3.8) is 0 Å². The molecule has 24 heavy (non-hydrogen) atoms. The van der Waals surface area contributed by atoms with E-state index in [0.717, 1.165) is 17.7 Å². The Labute approximate surface area is 141 Å². The van der Waals surface area contributed by atoms with Gasteiger partial charge in [0, 0.05) is 23.7 Å². The highest BCUT2D eigenvalue weighted by Gasteiger charge is 2.30. The number of hydrogen-bond acceptors (Lipinski definition) is 2. The lowest BCUT2D eigenvalue weighted by Gasteiger charge is -2.20. The fourth-order valence-corrected chi connectivity index (χ4v) is 2.70. The maximum atomic E-state index is 12.6. The Balaban J connectivity index is 1.79. The minimum Gasteiger partial charge on any atom is -0.483 e. The predicted molar refractivity (Wildman–Crippen MR) is 82.6 cm³/mol. The molecule has 3 nitrogen and oxygen atoms in total. The summed E-state index contributed by atoms with van der Waals surface area (Å²) in [6.45, 7) is 0.372. The lowest BCUT2D eigenvalue weighted by atomic mass is 10.1. The zero-order valence-electron chi connectivity index (χ0n) is 12.4. The third-order valence-corrected chi connectivity index (χ3v) is 3.98. The zero-order chi connectivity index (χ0) is 17.3. The van der Waals surface area contributed by atoms with Crippen molar-refractivity contribution in [2.75, 3.05) is 6.61 Å².